The number of carboxylic acid groups (broad SMARTS) is 1. The first kappa shape index (κ1) is 22.3. The van der Waals surface area contributed by atoms with Crippen LogP contribution in [0.3, 0.4) is 0 Å². The van der Waals surface area contributed by atoms with Crippen molar-refractivity contribution in [1.82, 2.24) is 0 Å². The Morgan fingerprint density at radius 1 is 1.25 bits per heavy atom. The number of carbonyl (C=O) groups is 1. The van der Waals surface area contributed by atoms with Gasteiger partial charge in [-0.15, -0.1) is 0 Å². The minimum absolute atomic E-state index is 0.239. The molecule has 0 bridgehead atoms. The Hall–Kier alpha value is -1.99. The molecule has 0 amide bonds. The highest BCUT2D eigenvalue weighted by Crippen LogP contribution is 2.32. The summed E-state index contributed by atoms with van der Waals surface area (Å²) >= 11 is 0. The van der Waals surface area contributed by atoms with Crippen LogP contribution in [0.5, 0.6) is 0 Å². The number of aliphatic hydroxyl groups is 2. The monoisotopic (exact) mass is 390 g/mol. The molecule has 1 aromatic rings. The highest BCUT2D eigenvalue weighted by molar-refractivity contribution is 5.92. The molecule has 1 aliphatic heterocycles. The molecule has 6 heteroatoms. The molecule has 0 saturated carbocycles. The van der Waals surface area contributed by atoms with E-state index >= 15 is 0 Å². The zero-order valence-electron chi connectivity index (χ0n) is 16.8. The van der Waals surface area contributed by atoms with E-state index in [4.69, 9.17) is 9.47 Å². The van der Waals surface area contributed by atoms with Gasteiger partial charge in [-0.3, -0.25) is 0 Å². The van der Waals surface area contributed by atoms with Gasteiger partial charge >= 0.3 is 5.97 Å². The van der Waals surface area contributed by atoms with Gasteiger partial charge in [-0.2, -0.15) is 0 Å². The highest BCUT2D eigenvalue weighted by atomic mass is 16.8. The molecule has 28 heavy (non-hydrogen) atoms. The first-order valence-electron chi connectivity index (χ1n) is 9.48. The van der Waals surface area contributed by atoms with Crippen LogP contribution in [0, 0.1) is 6.92 Å². The number of hydrogen-bond donors (Lipinski definition) is 3. The van der Waals surface area contributed by atoms with Gasteiger partial charge in [-0.05, 0) is 52.2 Å². The average molecular weight is 390 g/mol. The van der Waals surface area contributed by atoms with E-state index in [0.29, 0.717) is 18.4 Å². The third kappa shape index (κ3) is 6.27. The Kier molecular flexibility index (Phi) is 7.55. The third-order valence-corrected chi connectivity index (χ3v) is 4.47. The lowest BCUT2D eigenvalue weighted by Gasteiger charge is -2.19. The summed E-state index contributed by atoms with van der Waals surface area (Å²) in [4.78, 5) is 11.4. The summed E-state index contributed by atoms with van der Waals surface area (Å²) in [6.07, 6.45) is 5.58. The van der Waals surface area contributed by atoms with Crippen LogP contribution in [0.4, 0.5) is 0 Å². The lowest BCUT2D eigenvalue weighted by atomic mass is 10.0. The summed E-state index contributed by atoms with van der Waals surface area (Å²) in [5, 5.41) is 29.1. The van der Waals surface area contributed by atoms with E-state index in [0.717, 1.165) is 5.56 Å². The molecule has 0 aromatic heterocycles. The number of carboxylic acids is 1. The van der Waals surface area contributed by atoms with Crippen LogP contribution in [-0.2, 0) is 9.47 Å². The van der Waals surface area contributed by atoms with Crippen LogP contribution < -0.4 is 0 Å². The molecule has 3 N–H and O–H groups in total. The minimum Gasteiger partial charge on any atom is -0.478 e. The van der Waals surface area contributed by atoms with Crippen LogP contribution in [0.2, 0.25) is 0 Å². The Labute approximate surface area is 166 Å². The van der Waals surface area contributed by atoms with Gasteiger partial charge in [0.2, 0.25) is 0 Å². The fraction of sp³-hybridized carbons (Fsp3) is 0.500. The van der Waals surface area contributed by atoms with Crippen molar-refractivity contribution in [3.8, 4) is 0 Å². The van der Waals surface area contributed by atoms with Crippen molar-refractivity contribution in [2.24, 2.45) is 0 Å². The summed E-state index contributed by atoms with van der Waals surface area (Å²) < 4.78 is 11.8. The first-order chi connectivity index (χ1) is 13.1. The van der Waals surface area contributed by atoms with Gasteiger partial charge in [0.25, 0.3) is 0 Å². The topological polar surface area (TPSA) is 96.2 Å². The Balaban J connectivity index is 2.10. The van der Waals surface area contributed by atoms with Crippen LogP contribution in [-0.4, -0.2) is 51.5 Å². The second-order valence-electron chi connectivity index (χ2n) is 7.68. The Bertz CT molecular complexity index is 735. The molecule has 2 rings (SSSR count). The fourth-order valence-electron chi connectivity index (χ4n) is 3.20. The van der Waals surface area contributed by atoms with Gasteiger partial charge in [-0.25, -0.2) is 4.79 Å². The van der Waals surface area contributed by atoms with Crippen molar-refractivity contribution >= 4 is 12.0 Å². The van der Waals surface area contributed by atoms with Crippen LogP contribution >= 0.6 is 0 Å². The summed E-state index contributed by atoms with van der Waals surface area (Å²) in [6, 6.07) is 5.18. The van der Waals surface area contributed by atoms with Crippen LogP contribution in [0.25, 0.3) is 6.08 Å². The summed E-state index contributed by atoms with van der Waals surface area (Å²) in [5.74, 6) is -1.80. The molecular weight excluding hydrogens is 360 g/mol. The summed E-state index contributed by atoms with van der Waals surface area (Å²) in [6.45, 7) is 7.17. The average Bonchev–Trinajstić information content (AvgIpc) is 2.89. The van der Waals surface area contributed by atoms with E-state index in [9.17, 15) is 20.1 Å². The molecule has 1 aromatic carbocycles. The van der Waals surface area contributed by atoms with Crippen molar-refractivity contribution in [3.05, 3.63) is 53.1 Å². The Morgan fingerprint density at radius 2 is 1.96 bits per heavy atom. The van der Waals surface area contributed by atoms with Gasteiger partial charge in [-0.1, -0.05) is 42.0 Å². The summed E-state index contributed by atoms with van der Waals surface area (Å²) in [7, 11) is 0. The highest BCUT2D eigenvalue weighted by Gasteiger charge is 2.43. The molecule has 154 valence electrons. The van der Waals surface area contributed by atoms with E-state index < -0.39 is 30.1 Å². The lowest BCUT2D eigenvalue weighted by Crippen LogP contribution is -2.34. The Morgan fingerprint density at radius 3 is 2.61 bits per heavy atom. The largest absolute Gasteiger partial charge is 0.478 e. The van der Waals surface area contributed by atoms with Crippen LogP contribution in [0.1, 0.15) is 55.1 Å². The molecule has 1 fully saturated rings. The van der Waals surface area contributed by atoms with Gasteiger partial charge < -0.3 is 24.8 Å². The van der Waals surface area contributed by atoms with Crippen molar-refractivity contribution < 1.29 is 29.6 Å². The second-order valence-corrected chi connectivity index (χ2v) is 7.68. The molecule has 1 heterocycles. The third-order valence-electron chi connectivity index (χ3n) is 4.47. The molecule has 0 spiro atoms. The first-order valence-corrected chi connectivity index (χ1v) is 9.48. The molecule has 6 nitrogen and oxygen atoms in total. The molecule has 1 unspecified atom stereocenters. The van der Waals surface area contributed by atoms with Crippen molar-refractivity contribution in [2.75, 3.05) is 0 Å². The molecule has 0 radical (unpaired) electrons. The van der Waals surface area contributed by atoms with E-state index in [1.807, 2.05) is 19.1 Å². The minimum atomic E-state index is -0.974. The summed E-state index contributed by atoms with van der Waals surface area (Å²) in [5.41, 5.74) is 1.84. The number of ether oxygens (including phenoxy) is 2. The van der Waals surface area contributed by atoms with E-state index in [1.54, 1.807) is 51.1 Å². The zero-order valence-corrected chi connectivity index (χ0v) is 16.8. The second kappa shape index (κ2) is 9.47. The van der Waals surface area contributed by atoms with E-state index in [2.05, 4.69) is 0 Å². The molecular formula is C22H30O6. The zero-order chi connectivity index (χ0) is 20.9. The van der Waals surface area contributed by atoms with Gasteiger partial charge in [0, 0.05) is 0 Å². The predicted octanol–water partition coefficient (Wildman–Crippen LogP) is 3.30. The van der Waals surface area contributed by atoms with Crippen molar-refractivity contribution in [2.45, 2.75) is 70.7 Å². The van der Waals surface area contributed by atoms with E-state index in [1.165, 1.54) is 0 Å². The molecule has 0 aliphatic carbocycles. The number of aryl methyl sites for hydroxylation is 1. The van der Waals surface area contributed by atoms with Gasteiger partial charge in [0.05, 0.1) is 17.8 Å². The maximum absolute atomic E-state index is 11.4. The van der Waals surface area contributed by atoms with Crippen molar-refractivity contribution in [3.63, 3.8) is 0 Å². The maximum Gasteiger partial charge on any atom is 0.336 e. The normalized spacial score (nSPS) is 24.1. The van der Waals surface area contributed by atoms with Gasteiger partial charge in [0.15, 0.2) is 5.79 Å². The molecule has 4 atom stereocenters. The predicted molar refractivity (Wildman–Crippen MR) is 107 cm³/mol. The maximum atomic E-state index is 11.4. The fourth-order valence-corrected chi connectivity index (χ4v) is 3.20. The van der Waals surface area contributed by atoms with Gasteiger partial charge in [0.1, 0.15) is 12.2 Å². The molecule has 1 saturated heterocycles. The standard InChI is InChI=1S/C22H30O6/c1-14-11-12-17(21(25)26)16(13-14)8-6-10-19-20(28-22(3,4)27-19)18(24)9-5-7-15(2)23/h5-6,8-9,11-13,15,18-20,23-24H,7,10H2,1-4H3,(H,25,26)/b8-6+,9-5-/t15-,18?,19-,20+/m0/s1. The quantitative estimate of drug-likeness (QED) is 0.590. The number of rotatable bonds is 8. The number of benzene rings is 1. The van der Waals surface area contributed by atoms with Crippen molar-refractivity contribution in [1.29, 1.82) is 0 Å². The number of aliphatic hydroxyl groups excluding tert-OH is 2. The number of aromatic carboxylic acids is 1. The molecule has 1 aliphatic rings. The smallest absolute Gasteiger partial charge is 0.336 e. The SMILES string of the molecule is Cc1ccc(C(=O)O)c(/C=C/C[C@@H]2OC(C)(C)O[C@@H]2C(O)/C=C\C[C@H](C)O)c1. The van der Waals surface area contributed by atoms with Crippen LogP contribution in [0.15, 0.2) is 36.4 Å². The van der Waals surface area contributed by atoms with E-state index in [-0.39, 0.29) is 11.7 Å². The lowest BCUT2D eigenvalue weighted by molar-refractivity contribution is -0.152. The number of hydrogen-bond acceptors (Lipinski definition) is 5.